The van der Waals surface area contributed by atoms with E-state index in [0.29, 0.717) is 0 Å². The zero-order chi connectivity index (χ0) is 31.4. The summed E-state index contributed by atoms with van der Waals surface area (Å²) < 4.78 is 76.7. The molecule has 3 aromatic rings. The van der Waals surface area contributed by atoms with Crippen LogP contribution in [-0.4, -0.2) is 77.3 Å². The molecule has 6 rings (SSSR count). The lowest BCUT2D eigenvalue weighted by Crippen LogP contribution is -2.55. The number of aromatic nitrogens is 3. The maximum atomic E-state index is 14.2. The van der Waals surface area contributed by atoms with Crippen LogP contribution >= 0.6 is 11.8 Å². The molecule has 3 fully saturated rings. The molecular formula is C30H32F5N3O5S. The van der Waals surface area contributed by atoms with Gasteiger partial charge >= 0.3 is 0 Å². The van der Waals surface area contributed by atoms with Gasteiger partial charge in [0.15, 0.2) is 17.5 Å². The van der Waals surface area contributed by atoms with E-state index in [0.717, 1.165) is 52.5 Å². The van der Waals surface area contributed by atoms with Crippen molar-refractivity contribution in [3.8, 4) is 11.3 Å². The van der Waals surface area contributed by atoms with E-state index in [-0.39, 0.29) is 30.0 Å². The van der Waals surface area contributed by atoms with E-state index in [1.54, 1.807) is 6.07 Å². The van der Waals surface area contributed by atoms with Gasteiger partial charge in [0.05, 0.1) is 23.7 Å². The smallest absolute Gasteiger partial charge is 0.248 e. The number of thioether (sulfide) groups is 1. The number of rotatable bonds is 8. The number of alkyl halides is 2. The molecule has 1 aromatic heterocycles. The van der Waals surface area contributed by atoms with Crippen LogP contribution in [0.5, 0.6) is 0 Å². The van der Waals surface area contributed by atoms with E-state index in [1.165, 1.54) is 6.20 Å². The maximum absolute atomic E-state index is 14.2. The Morgan fingerprint density at radius 2 is 1.66 bits per heavy atom. The molecule has 14 heteroatoms. The third-order valence-electron chi connectivity index (χ3n) is 8.85. The molecule has 2 aliphatic carbocycles. The maximum Gasteiger partial charge on any atom is 0.248 e. The minimum Gasteiger partial charge on any atom is -0.394 e. The van der Waals surface area contributed by atoms with Gasteiger partial charge in [0.1, 0.15) is 35.5 Å². The van der Waals surface area contributed by atoms with E-state index in [1.807, 2.05) is 18.2 Å². The van der Waals surface area contributed by atoms with Gasteiger partial charge in [-0.3, -0.25) is 0 Å². The monoisotopic (exact) mass is 641 g/mol. The van der Waals surface area contributed by atoms with Crippen molar-refractivity contribution in [1.82, 2.24) is 15.0 Å². The molecule has 0 radical (unpaired) electrons. The van der Waals surface area contributed by atoms with E-state index in [2.05, 4.69) is 10.3 Å². The molecule has 2 aromatic carbocycles. The molecule has 6 atom stereocenters. The lowest BCUT2D eigenvalue weighted by molar-refractivity contribution is -0.179. The zero-order valence-corrected chi connectivity index (χ0v) is 24.2. The Hall–Kier alpha value is -2.62. The summed E-state index contributed by atoms with van der Waals surface area (Å²) in [6, 6.07) is 7.64. The standard InChI is InChI=1S/C30H32F5N3O5S/c31-19-11-16(12-20(32)23(19)33)21-13-38(37-36-21)24-25(40)22(14-39)43-28(26(24)41)44-27(29(42)7-9-30(34,35)10-8-29)18-4-2-1-3-17(18)15-5-6-15/h1-4,11-13,15,22,24-28,39-42H,5-10,14H2/t22-,24+,25+,26-,27-,28+/m1/s1. The highest BCUT2D eigenvalue weighted by atomic mass is 32.2. The molecular weight excluding hydrogens is 609 g/mol. The molecule has 0 spiro atoms. The summed E-state index contributed by atoms with van der Waals surface area (Å²) in [5.74, 6) is -7.17. The third kappa shape index (κ3) is 5.99. The summed E-state index contributed by atoms with van der Waals surface area (Å²) in [7, 11) is 0. The fourth-order valence-electron chi connectivity index (χ4n) is 6.20. The molecule has 4 N–H and O–H groups in total. The van der Waals surface area contributed by atoms with Gasteiger partial charge in [0, 0.05) is 18.4 Å². The summed E-state index contributed by atoms with van der Waals surface area (Å²) in [4.78, 5) is 0. The largest absolute Gasteiger partial charge is 0.394 e. The summed E-state index contributed by atoms with van der Waals surface area (Å²) in [6.45, 7) is -0.656. The number of benzene rings is 2. The molecule has 0 amide bonds. The highest BCUT2D eigenvalue weighted by Gasteiger charge is 2.52. The predicted octanol–water partition coefficient (Wildman–Crippen LogP) is 4.63. The Morgan fingerprint density at radius 3 is 2.30 bits per heavy atom. The lowest BCUT2D eigenvalue weighted by atomic mass is 9.77. The second-order valence-corrected chi connectivity index (χ2v) is 13.1. The van der Waals surface area contributed by atoms with Crippen molar-refractivity contribution >= 4 is 11.8 Å². The Morgan fingerprint density at radius 1 is 1.00 bits per heavy atom. The predicted molar refractivity (Wildman–Crippen MR) is 149 cm³/mol. The Bertz CT molecular complexity index is 1470. The molecule has 1 aliphatic heterocycles. The van der Waals surface area contributed by atoms with Crippen molar-refractivity contribution in [2.45, 2.75) is 91.0 Å². The summed E-state index contributed by atoms with van der Waals surface area (Å²) >= 11 is 1.03. The summed E-state index contributed by atoms with van der Waals surface area (Å²) in [5, 5.41) is 51.6. The van der Waals surface area contributed by atoms with Gasteiger partial charge in [0.2, 0.25) is 5.92 Å². The Balaban J connectivity index is 1.34. The molecule has 1 saturated heterocycles. The van der Waals surface area contributed by atoms with Gasteiger partial charge in [-0.1, -0.05) is 29.5 Å². The normalized spacial score (nSPS) is 29.0. The first kappa shape index (κ1) is 31.4. The second-order valence-electron chi connectivity index (χ2n) is 11.9. The van der Waals surface area contributed by atoms with Gasteiger partial charge in [-0.15, -0.1) is 16.9 Å². The first-order valence-corrected chi connectivity index (χ1v) is 15.4. The highest BCUT2D eigenvalue weighted by molar-refractivity contribution is 8.00. The van der Waals surface area contributed by atoms with Crippen molar-refractivity contribution in [3.05, 3.63) is 71.2 Å². The van der Waals surface area contributed by atoms with Crippen LogP contribution in [0, 0.1) is 17.5 Å². The lowest BCUT2D eigenvalue weighted by Gasteiger charge is -2.46. The number of aliphatic hydroxyl groups is 4. The van der Waals surface area contributed by atoms with E-state index in [9.17, 15) is 42.4 Å². The molecule has 2 heterocycles. The van der Waals surface area contributed by atoms with Crippen molar-refractivity contribution in [2.24, 2.45) is 0 Å². The SMILES string of the molecule is OC[C@H]1O[C@@H](S[C@H](c2ccccc2C2CC2)C2(O)CCC(F)(F)CC2)[C@H](O)[C@@H](n2cc(-c3cc(F)c(F)c(F)c3)nn2)[C@H]1O. The van der Waals surface area contributed by atoms with Gasteiger partial charge < -0.3 is 25.2 Å². The van der Waals surface area contributed by atoms with Crippen molar-refractivity contribution in [3.63, 3.8) is 0 Å². The first-order valence-electron chi connectivity index (χ1n) is 14.4. The third-order valence-corrected chi connectivity index (χ3v) is 10.5. The van der Waals surface area contributed by atoms with Crippen LogP contribution < -0.4 is 0 Å². The first-order chi connectivity index (χ1) is 20.9. The number of halogens is 5. The zero-order valence-electron chi connectivity index (χ0n) is 23.4. The number of hydrogen-bond acceptors (Lipinski definition) is 8. The van der Waals surface area contributed by atoms with Gasteiger partial charge in [-0.2, -0.15) is 0 Å². The highest BCUT2D eigenvalue weighted by Crippen LogP contribution is 2.55. The number of hydrogen-bond donors (Lipinski definition) is 4. The number of nitrogens with zero attached hydrogens (tertiary/aromatic N) is 3. The van der Waals surface area contributed by atoms with Crippen LogP contribution in [-0.2, 0) is 4.74 Å². The fourth-order valence-corrected chi connectivity index (χ4v) is 7.85. The van der Waals surface area contributed by atoms with Gasteiger partial charge in [-0.05, 0) is 54.9 Å². The van der Waals surface area contributed by atoms with Crippen LogP contribution in [0.15, 0.2) is 42.6 Å². The van der Waals surface area contributed by atoms with Crippen LogP contribution in [0.3, 0.4) is 0 Å². The van der Waals surface area contributed by atoms with Crippen LogP contribution in [0.1, 0.15) is 66.9 Å². The second kappa shape index (κ2) is 12.0. The van der Waals surface area contributed by atoms with Crippen LogP contribution in [0.4, 0.5) is 22.0 Å². The Kier molecular flexibility index (Phi) is 8.52. The molecule has 238 valence electrons. The average molecular weight is 642 g/mol. The van der Waals surface area contributed by atoms with Crippen molar-refractivity contribution in [2.75, 3.05) is 6.61 Å². The van der Waals surface area contributed by atoms with Crippen LogP contribution in [0.25, 0.3) is 11.3 Å². The fraction of sp³-hybridized carbons (Fsp3) is 0.533. The molecule has 2 saturated carbocycles. The van der Waals surface area contributed by atoms with Gasteiger partial charge in [-0.25, -0.2) is 26.6 Å². The Labute approximate surface area is 253 Å². The number of aliphatic hydroxyl groups excluding tert-OH is 3. The van der Waals surface area contributed by atoms with Crippen LogP contribution in [0.2, 0.25) is 0 Å². The van der Waals surface area contributed by atoms with E-state index >= 15 is 0 Å². The minimum atomic E-state index is -2.91. The van der Waals surface area contributed by atoms with Gasteiger partial charge in [0.25, 0.3) is 0 Å². The summed E-state index contributed by atoms with van der Waals surface area (Å²) in [5.41, 5.74) is -1.24. The topological polar surface area (TPSA) is 121 Å². The molecule has 3 aliphatic rings. The van der Waals surface area contributed by atoms with Crippen molar-refractivity contribution in [1.29, 1.82) is 0 Å². The summed E-state index contributed by atoms with van der Waals surface area (Å²) in [6.07, 6.45) is -2.55. The molecule has 0 unspecified atom stereocenters. The number of ether oxygens (including phenoxy) is 1. The van der Waals surface area contributed by atoms with E-state index < -0.39 is 83.5 Å². The van der Waals surface area contributed by atoms with Crippen molar-refractivity contribution < 1.29 is 47.1 Å². The average Bonchev–Trinajstić information content (AvgIpc) is 3.74. The molecule has 8 nitrogen and oxygen atoms in total. The minimum absolute atomic E-state index is 0.0767. The molecule has 44 heavy (non-hydrogen) atoms. The molecule has 0 bridgehead atoms. The van der Waals surface area contributed by atoms with E-state index in [4.69, 9.17) is 4.74 Å². The quantitative estimate of drug-likeness (QED) is 0.208.